The van der Waals surface area contributed by atoms with Gasteiger partial charge in [0.1, 0.15) is 0 Å². The maximum atomic E-state index is 11.1. The van der Waals surface area contributed by atoms with Crippen molar-refractivity contribution >= 4 is 7.60 Å². The standard InChI is InChI=1S/C8H19O3P/c1-6(2)7(8(3,4)5)12(9,10)11/h6-7H,1-5H3,(H2,9,10,11). The fourth-order valence-electron chi connectivity index (χ4n) is 1.89. The summed E-state index contributed by atoms with van der Waals surface area (Å²) in [6, 6.07) is 0. The molecule has 0 heterocycles. The first-order valence-electron chi connectivity index (χ1n) is 4.12. The Balaban J connectivity index is 4.83. The lowest BCUT2D eigenvalue weighted by atomic mass is 9.85. The summed E-state index contributed by atoms with van der Waals surface area (Å²) >= 11 is 0. The molecule has 0 aromatic carbocycles. The lowest BCUT2D eigenvalue weighted by Crippen LogP contribution is -2.31. The highest BCUT2D eigenvalue weighted by Gasteiger charge is 2.40. The second-order valence-electron chi connectivity index (χ2n) is 4.64. The highest BCUT2D eigenvalue weighted by Crippen LogP contribution is 2.52. The minimum atomic E-state index is -3.95. The van der Waals surface area contributed by atoms with E-state index < -0.39 is 13.3 Å². The third-order valence-electron chi connectivity index (χ3n) is 1.88. The third kappa shape index (κ3) is 3.26. The van der Waals surface area contributed by atoms with Crippen LogP contribution < -0.4 is 0 Å². The van der Waals surface area contributed by atoms with E-state index in [9.17, 15) is 4.57 Å². The van der Waals surface area contributed by atoms with Gasteiger partial charge in [0.25, 0.3) is 0 Å². The Labute approximate surface area is 74.3 Å². The molecule has 0 aliphatic carbocycles. The predicted molar refractivity (Wildman–Crippen MR) is 50.1 cm³/mol. The van der Waals surface area contributed by atoms with Crippen LogP contribution in [0.3, 0.4) is 0 Å². The summed E-state index contributed by atoms with van der Waals surface area (Å²) in [4.78, 5) is 18.2. The summed E-state index contributed by atoms with van der Waals surface area (Å²) in [6.45, 7) is 9.26. The normalized spacial score (nSPS) is 16.7. The van der Waals surface area contributed by atoms with E-state index in [1.54, 1.807) is 0 Å². The van der Waals surface area contributed by atoms with Gasteiger partial charge in [0, 0.05) is 0 Å². The second kappa shape index (κ2) is 3.49. The lowest BCUT2D eigenvalue weighted by Gasteiger charge is -2.33. The first-order chi connectivity index (χ1) is 5.07. The van der Waals surface area contributed by atoms with Gasteiger partial charge in [0.05, 0.1) is 5.66 Å². The van der Waals surface area contributed by atoms with Gasteiger partial charge in [-0.2, -0.15) is 0 Å². The van der Waals surface area contributed by atoms with Crippen molar-refractivity contribution in [3.8, 4) is 0 Å². The maximum absolute atomic E-state index is 11.1. The molecule has 4 heteroatoms. The van der Waals surface area contributed by atoms with Gasteiger partial charge in [0.2, 0.25) is 0 Å². The minimum absolute atomic E-state index is 0.00540. The third-order valence-corrected chi connectivity index (χ3v) is 3.98. The molecule has 0 bridgehead atoms. The fourth-order valence-corrected chi connectivity index (χ4v) is 3.68. The van der Waals surface area contributed by atoms with Crippen molar-refractivity contribution in [2.45, 2.75) is 40.3 Å². The molecule has 1 atom stereocenters. The van der Waals surface area contributed by atoms with E-state index >= 15 is 0 Å². The van der Waals surface area contributed by atoms with Gasteiger partial charge in [-0.25, -0.2) is 0 Å². The van der Waals surface area contributed by atoms with Gasteiger partial charge < -0.3 is 9.79 Å². The van der Waals surface area contributed by atoms with E-state index in [4.69, 9.17) is 9.79 Å². The van der Waals surface area contributed by atoms with E-state index in [0.717, 1.165) is 0 Å². The van der Waals surface area contributed by atoms with Crippen LogP contribution in [0.2, 0.25) is 0 Å². The quantitative estimate of drug-likeness (QED) is 0.663. The molecule has 0 saturated carbocycles. The topological polar surface area (TPSA) is 57.5 Å². The molecule has 74 valence electrons. The minimum Gasteiger partial charge on any atom is -0.324 e. The summed E-state index contributed by atoms with van der Waals surface area (Å²) in [5.41, 5.74) is -0.891. The summed E-state index contributed by atoms with van der Waals surface area (Å²) in [5, 5.41) is 0. The van der Waals surface area contributed by atoms with Crippen LogP contribution in [-0.4, -0.2) is 15.4 Å². The molecule has 0 rings (SSSR count). The summed E-state index contributed by atoms with van der Waals surface area (Å²) < 4.78 is 11.1. The van der Waals surface area contributed by atoms with E-state index in [1.807, 2.05) is 34.6 Å². The fraction of sp³-hybridized carbons (Fsp3) is 1.00. The Kier molecular flexibility index (Phi) is 3.53. The monoisotopic (exact) mass is 194 g/mol. The summed E-state index contributed by atoms with van der Waals surface area (Å²) in [7, 11) is -3.95. The van der Waals surface area contributed by atoms with Crippen molar-refractivity contribution in [2.24, 2.45) is 11.3 Å². The van der Waals surface area contributed by atoms with Crippen LogP contribution >= 0.6 is 7.60 Å². The molecule has 12 heavy (non-hydrogen) atoms. The van der Waals surface area contributed by atoms with E-state index in [0.29, 0.717) is 0 Å². The van der Waals surface area contributed by atoms with Crippen LogP contribution in [0.25, 0.3) is 0 Å². The van der Waals surface area contributed by atoms with Crippen LogP contribution in [0.5, 0.6) is 0 Å². The molecule has 0 aromatic rings. The second-order valence-corrected chi connectivity index (χ2v) is 6.38. The average Bonchev–Trinajstić information content (AvgIpc) is 1.49. The van der Waals surface area contributed by atoms with Crippen LogP contribution in [0, 0.1) is 11.3 Å². The Morgan fingerprint density at radius 3 is 1.50 bits per heavy atom. The molecule has 0 aliphatic heterocycles. The van der Waals surface area contributed by atoms with E-state index in [-0.39, 0.29) is 11.3 Å². The number of hydrogen-bond donors (Lipinski definition) is 2. The van der Waals surface area contributed by atoms with Crippen LogP contribution in [0.15, 0.2) is 0 Å². The lowest BCUT2D eigenvalue weighted by molar-refractivity contribution is 0.259. The van der Waals surface area contributed by atoms with E-state index in [2.05, 4.69) is 0 Å². The van der Waals surface area contributed by atoms with Gasteiger partial charge in [-0.15, -0.1) is 0 Å². The molecule has 0 fully saturated rings. The van der Waals surface area contributed by atoms with Gasteiger partial charge >= 0.3 is 7.60 Å². The maximum Gasteiger partial charge on any atom is 0.329 e. The summed E-state index contributed by atoms with van der Waals surface area (Å²) in [5.74, 6) is 0.00540. The molecule has 1 unspecified atom stereocenters. The molecule has 0 amide bonds. The van der Waals surface area contributed by atoms with Crippen molar-refractivity contribution in [3.63, 3.8) is 0 Å². The molecule has 0 aliphatic rings. The average molecular weight is 194 g/mol. The van der Waals surface area contributed by atoms with Crippen LogP contribution in [0.1, 0.15) is 34.6 Å². The zero-order valence-corrected chi connectivity index (χ0v) is 9.30. The van der Waals surface area contributed by atoms with Crippen LogP contribution in [0.4, 0.5) is 0 Å². The van der Waals surface area contributed by atoms with Crippen molar-refractivity contribution in [3.05, 3.63) is 0 Å². The molecule has 0 aromatic heterocycles. The Morgan fingerprint density at radius 1 is 1.17 bits per heavy atom. The zero-order chi connectivity index (χ0) is 10.2. The van der Waals surface area contributed by atoms with Crippen molar-refractivity contribution < 1.29 is 14.4 Å². The highest BCUT2D eigenvalue weighted by atomic mass is 31.2. The molecule has 0 spiro atoms. The largest absolute Gasteiger partial charge is 0.329 e. The Bertz CT molecular complexity index is 187. The number of rotatable bonds is 2. The SMILES string of the molecule is CC(C)C(C(C)(C)C)P(=O)(O)O. The van der Waals surface area contributed by atoms with Crippen molar-refractivity contribution in [2.75, 3.05) is 0 Å². The Hall–Kier alpha value is 0.150. The highest BCUT2D eigenvalue weighted by molar-refractivity contribution is 7.52. The van der Waals surface area contributed by atoms with Crippen molar-refractivity contribution in [1.29, 1.82) is 0 Å². The smallest absolute Gasteiger partial charge is 0.324 e. The predicted octanol–water partition coefficient (Wildman–Crippen LogP) is 2.23. The molecular weight excluding hydrogens is 175 g/mol. The van der Waals surface area contributed by atoms with Crippen molar-refractivity contribution in [1.82, 2.24) is 0 Å². The van der Waals surface area contributed by atoms with Crippen LogP contribution in [-0.2, 0) is 4.57 Å². The van der Waals surface area contributed by atoms with Gasteiger partial charge in [-0.1, -0.05) is 34.6 Å². The molecule has 3 nitrogen and oxygen atoms in total. The first kappa shape index (κ1) is 12.2. The van der Waals surface area contributed by atoms with Gasteiger partial charge in [0.15, 0.2) is 0 Å². The van der Waals surface area contributed by atoms with Gasteiger partial charge in [-0.05, 0) is 11.3 Å². The molecule has 0 radical (unpaired) electrons. The Morgan fingerprint density at radius 2 is 1.50 bits per heavy atom. The first-order valence-corrected chi connectivity index (χ1v) is 5.80. The van der Waals surface area contributed by atoms with E-state index in [1.165, 1.54) is 0 Å². The zero-order valence-electron chi connectivity index (χ0n) is 8.40. The molecule has 2 N–H and O–H groups in total. The molecular formula is C8H19O3P. The molecule has 0 saturated heterocycles. The summed E-state index contributed by atoms with van der Waals surface area (Å²) in [6.07, 6.45) is 0. The van der Waals surface area contributed by atoms with Gasteiger partial charge in [-0.3, -0.25) is 4.57 Å². The number of hydrogen-bond acceptors (Lipinski definition) is 1.